The molecule has 164 valence electrons. The molecular formula is C22H26N4O3S2. The third-order valence-corrected chi connectivity index (χ3v) is 6.71. The van der Waals surface area contributed by atoms with E-state index in [1.54, 1.807) is 32.4 Å². The van der Waals surface area contributed by atoms with Gasteiger partial charge in [-0.1, -0.05) is 48.2 Å². The molecule has 0 saturated heterocycles. The van der Waals surface area contributed by atoms with Gasteiger partial charge in [0.15, 0.2) is 4.34 Å². The van der Waals surface area contributed by atoms with Crippen LogP contribution in [-0.4, -0.2) is 35.6 Å². The van der Waals surface area contributed by atoms with E-state index in [-0.39, 0.29) is 11.2 Å². The second kappa shape index (κ2) is 10.5. The number of anilines is 3. The Morgan fingerprint density at radius 2 is 2.00 bits per heavy atom. The Labute approximate surface area is 190 Å². The summed E-state index contributed by atoms with van der Waals surface area (Å²) >= 11 is 2.79. The van der Waals surface area contributed by atoms with E-state index in [1.165, 1.54) is 28.7 Å². The van der Waals surface area contributed by atoms with Crippen molar-refractivity contribution >= 4 is 45.5 Å². The number of nitrogens with zero attached hydrogens (tertiary/aromatic N) is 2. The number of hydrogen-bond acceptors (Lipinski definition) is 8. The van der Waals surface area contributed by atoms with E-state index in [0.29, 0.717) is 22.3 Å². The highest BCUT2D eigenvalue weighted by Gasteiger charge is 2.19. The Morgan fingerprint density at radius 3 is 2.71 bits per heavy atom. The Kier molecular flexibility index (Phi) is 7.75. The molecule has 2 aromatic carbocycles. The van der Waals surface area contributed by atoms with Crippen molar-refractivity contribution < 1.29 is 14.3 Å². The molecule has 2 N–H and O–H groups in total. The second-order valence-electron chi connectivity index (χ2n) is 6.78. The van der Waals surface area contributed by atoms with Crippen molar-refractivity contribution in [3.63, 3.8) is 0 Å². The number of thioether (sulfide) groups is 1. The average Bonchev–Trinajstić information content (AvgIpc) is 3.21. The summed E-state index contributed by atoms with van der Waals surface area (Å²) in [4.78, 5) is 12.7. The van der Waals surface area contributed by atoms with Gasteiger partial charge in [-0.05, 0) is 43.5 Å². The highest BCUT2D eigenvalue weighted by atomic mass is 32.2. The first-order valence-corrected chi connectivity index (χ1v) is 11.5. The Morgan fingerprint density at radius 1 is 1.19 bits per heavy atom. The van der Waals surface area contributed by atoms with Crippen LogP contribution in [0.15, 0.2) is 40.7 Å². The van der Waals surface area contributed by atoms with Crippen LogP contribution in [0.5, 0.6) is 11.5 Å². The lowest BCUT2D eigenvalue weighted by Gasteiger charge is -2.14. The van der Waals surface area contributed by atoms with Crippen molar-refractivity contribution in [2.75, 3.05) is 24.9 Å². The molecule has 3 aromatic rings. The summed E-state index contributed by atoms with van der Waals surface area (Å²) in [5.41, 5.74) is 4.01. The maximum atomic E-state index is 12.7. The Balaban J connectivity index is 1.66. The van der Waals surface area contributed by atoms with Gasteiger partial charge in [0.05, 0.1) is 25.2 Å². The molecule has 1 aromatic heterocycles. The van der Waals surface area contributed by atoms with E-state index >= 15 is 0 Å². The second-order valence-corrected chi connectivity index (χ2v) is 9.34. The summed E-state index contributed by atoms with van der Waals surface area (Å²) in [5.74, 6) is 1.05. The van der Waals surface area contributed by atoms with Gasteiger partial charge >= 0.3 is 0 Å². The van der Waals surface area contributed by atoms with Crippen LogP contribution in [-0.2, 0) is 11.2 Å². The molecule has 9 heteroatoms. The van der Waals surface area contributed by atoms with Gasteiger partial charge in [0, 0.05) is 11.8 Å². The van der Waals surface area contributed by atoms with E-state index < -0.39 is 0 Å². The molecule has 0 saturated carbocycles. The first-order chi connectivity index (χ1) is 14.9. The molecule has 1 heterocycles. The molecule has 0 aliphatic rings. The highest BCUT2D eigenvalue weighted by Crippen LogP contribution is 2.34. The van der Waals surface area contributed by atoms with Crippen molar-refractivity contribution in [3.8, 4) is 11.5 Å². The SMILES string of the molecule is CCc1cccc(C)c1Nc1nnc(SC(C)C(=O)Nc2cc(OC)ccc2OC)s1. The van der Waals surface area contributed by atoms with Crippen LogP contribution in [0.3, 0.4) is 0 Å². The molecule has 3 rings (SSSR count). The third-order valence-electron chi connectivity index (χ3n) is 4.69. The Hall–Kier alpha value is -2.78. The van der Waals surface area contributed by atoms with Gasteiger partial charge < -0.3 is 20.1 Å². The largest absolute Gasteiger partial charge is 0.497 e. The minimum atomic E-state index is -0.374. The predicted molar refractivity (Wildman–Crippen MR) is 127 cm³/mol. The number of ether oxygens (including phenoxy) is 2. The standard InChI is InChI=1S/C22H26N4O3S2/c1-6-15-9-7-8-13(2)19(15)24-21-25-26-22(31-21)30-14(3)20(27)23-17-12-16(28-4)10-11-18(17)29-5/h7-12,14H,6H2,1-5H3,(H,23,27)(H,24,25). The zero-order chi connectivity index (χ0) is 22.4. The minimum absolute atomic E-state index is 0.159. The van der Waals surface area contributed by atoms with E-state index in [9.17, 15) is 4.79 Å². The molecule has 0 aliphatic heterocycles. The lowest BCUT2D eigenvalue weighted by atomic mass is 10.1. The molecule has 1 unspecified atom stereocenters. The average molecular weight is 459 g/mol. The van der Waals surface area contributed by atoms with Crippen LogP contribution < -0.4 is 20.1 Å². The number of carbonyl (C=O) groups is 1. The molecule has 1 atom stereocenters. The smallest absolute Gasteiger partial charge is 0.237 e. The molecule has 0 fully saturated rings. The third kappa shape index (κ3) is 5.68. The van der Waals surface area contributed by atoms with Crippen LogP contribution in [0.25, 0.3) is 0 Å². The number of benzene rings is 2. The van der Waals surface area contributed by atoms with Crippen LogP contribution in [0.1, 0.15) is 25.0 Å². The lowest BCUT2D eigenvalue weighted by molar-refractivity contribution is -0.115. The molecule has 7 nitrogen and oxygen atoms in total. The zero-order valence-corrected chi connectivity index (χ0v) is 19.8. The van der Waals surface area contributed by atoms with Crippen molar-refractivity contribution in [2.45, 2.75) is 36.8 Å². The summed E-state index contributed by atoms with van der Waals surface area (Å²) < 4.78 is 11.3. The number of hydrogen-bond donors (Lipinski definition) is 2. The summed E-state index contributed by atoms with van der Waals surface area (Å²) in [6.45, 7) is 6.02. The Bertz CT molecular complexity index is 1050. The maximum Gasteiger partial charge on any atom is 0.237 e. The van der Waals surface area contributed by atoms with Crippen molar-refractivity contribution in [3.05, 3.63) is 47.5 Å². The predicted octanol–water partition coefficient (Wildman–Crippen LogP) is 5.29. The van der Waals surface area contributed by atoms with Gasteiger partial charge in [-0.25, -0.2) is 0 Å². The summed E-state index contributed by atoms with van der Waals surface area (Å²) in [7, 11) is 3.14. The quantitative estimate of drug-likeness (QED) is 0.421. The van der Waals surface area contributed by atoms with Gasteiger partial charge in [-0.15, -0.1) is 10.2 Å². The van der Waals surface area contributed by atoms with Crippen LogP contribution in [0.4, 0.5) is 16.5 Å². The summed E-state index contributed by atoms with van der Waals surface area (Å²) in [6, 6.07) is 11.5. The fraction of sp³-hybridized carbons (Fsp3) is 0.318. The molecule has 1 amide bonds. The number of amides is 1. The van der Waals surface area contributed by atoms with Crippen molar-refractivity contribution in [1.82, 2.24) is 10.2 Å². The topological polar surface area (TPSA) is 85.4 Å². The van der Waals surface area contributed by atoms with Crippen molar-refractivity contribution in [2.24, 2.45) is 0 Å². The van der Waals surface area contributed by atoms with Crippen LogP contribution in [0, 0.1) is 6.92 Å². The van der Waals surface area contributed by atoms with Gasteiger partial charge in [0.2, 0.25) is 11.0 Å². The van der Waals surface area contributed by atoms with Crippen molar-refractivity contribution in [1.29, 1.82) is 0 Å². The number of rotatable bonds is 9. The number of nitrogens with one attached hydrogen (secondary N) is 2. The number of aryl methyl sites for hydroxylation is 2. The number of para-hydroxylation sites is 1. The van der Waals surface area contributed by atoms with Gasteiger partial charge in [0.1, 0.15) is 11.5 Å². The zero-order valence-electron chi connectivity index (χ0n) is 18.2. The number of aromatic nitrogens is 2. The first kappa shape index (κ1) is 22.9. The van der Waals surface area contributed by atoms with Crippen LogP contribution >= 0.6 is 23.1 Å². The maximum absolute atomic E-state index is 12.7. The molecule has 0 radical (unpaired) electrons. The van der Waals surface area contributed by atoms with E-state index in [4.69, 9.17) is 9.47 Å². The monoisotopic (exact) mass is 458 g/mol. The number of methoxy groups -OCH3 is 2. The fourth-order valence-electron chi connectivity index (χ4n) is 2.97. The molecular weight excluding hydrogens is 432 g/mol. The molecule has 0 spiro atoms. The minimum Gasteiger partial charge on any atom is -0.497 e. The van der Waals surface area contributed by atoms with Gasteiger partial charge in [-0.3, -0.25) is 4.79 Å². The van der Waals surface area contributed by atoms with E-state index in [2.05, 4.69) is 52.9 Å². The molecule has 0 aliphatic carbocycles. The number of carbonyl (C=O) groups excluding carboxylic acids is 1. The lowest BCUT2D eigenvalue weighted by Crippen LogP contribution is -2.22. The van der Waals surface area contributed by atoms with E-state index in [1.807, 2.05) is 6.92 Å². The summed E-state index contributed by atoms with van der Waals surface area (Å²) in [5, 5.41) is 15.1. The fourth-order valence-corrected chi connectivity index (χ4v) is 4.87. The van der Waals surface area contributed by atoms with Gasteiger partial charge in [-0.2, -0.15) is 0 Å². The molecule has 31 heavy (non-hydrogen) atoms. The molecule has 0 bridgehead atoms. The normalized spacial score (nSPS) is 11.6. The summed E-state index contributed by atoms with van der Waals surface area (Å²) in [6.07, 6.45) is 0.926. The van der Waals surface area contributed by atoms with E-state index in [0.717, 1.165) is 22.0 Å². The van der Waals surface area contributed by atoms with Gasteiger partial charge in [0.25, 0.3) is 0 Å². The van der Waals surface area contributed by atoms with Crippen LogP contribution in [0.2, 0.25) is 0 Å². The highest BCUT2D eigenvalue weighted by molar-refractivity contribution is 8.02. The first-order valence-electron chi connectivity index (χ1n) is 9.83.